The number of amides is 1. The number of aliphatic carboxylic acids is 1. The summed E-state index contributed by atoms with van der Waals surface area (Å²) < 4.78 is 18.9. The molecule has 3 heterocycles. The number of carboxylic acids is 1. The molecule has 5 aromatic carbocycles. The van der Waals surface area contributed by atoms with Crippen LogP contribution in [0.2, 0.25) is 10.0 Å². The van der Waals surface area contributed by atoms with E-state index >= 15 is 0 Å². The van der Waals surface area contributed by atoms with Crippen molar-refractivity contribution in [2.75, 3.05) is 6.61 Å². The molecule has 1 aromatic heterocycles. The van der Waals surface area contributed by atoms with Crippen molar-refractivity contribution in [3.8, 4) is 28.4 Å². The quantitative estimate of drug-likeness (QED) is 0.118. The highest BCUT2D eigenvalue weighted by atomic mass is 35.5. The van der Waals surface area contributed by atoms with Gasteiger partial charge >= 0.3 is 5.97 Å². The summed E-state index contributed by atoms with van der Waals surface area (Å²) in [5.41, 5.74) is 8.63. The normalized spacial score (nSPS) is 16.9. The Labute approximate surface area is 359 Å². The Balaban J connectivity index is 0.990. The predicted molar refractivity (Wildman–Crippen MR) is 233 cm³/mol. The number of ether oxygens (including phenoxy) is 3. The smallest absolute Gasteiger partial charge is 0.326 e. The van der Waals surface area contributed by atoms with Gasteiger partial charge in [0.25, 0.3) is 0 Å². The molecule has 2 N–H and O–H groups in total. The van der Waals surface area contributed by atoms with Crippen molar-refractivity contribution in [3.05, 3.63) is 177 Å². The molecule has 0 saturated carbocycles. The third-order valence-corrected chi connectivity index (χ3v) is 12.0. The molecule has 11 heteroatoms. The van der Waals surface area contributed by atoms with Crippen molar-refractivity contribution >= 4 is 35.1 Å². The summed E-state index contributed by atoms with van der Waals surface area (Å²) in [6.07, 6.45) is 2.74. The minimum absolute atomic E-state index is 0.0967. The fourth-order valence-corrected chi connectivity index (χ4v) is 8.31. The van der Waals surface area contributed by atoms with E-state index in [2.05, 4.69) is 34.3 Å². The number of carboxylic acid groups (broad SMARTS) is 1. The monoisotopic (exact) mass is 841 g/mol. The predicted octanol–water partition coefficient (Wildman–Crippen LogP) is 10.1. The van der Waals surface area contributed by atoms with Crippen LogP contribution in [0, 0.1) is 6.92 Å². The molecule has 306 valence electrons. The number of pyridine rings is 1. The van der Waals surface area contributed by atoms with Crippen LogP contribution in [-0.2, 0) is 35.6 Å². The summed E-state index contributed by atoms with van der Waals surface area (Å²) in [4.78, 5) is 33.6. The van der Waals surface area contributed by atoms with E-state index in [1.54, 1.807) is 12.1 Å². The van der Waals surface area contributed by atoms with Crippen LogP contribution in [0.5, 0.6) is 17.2 Å². The van der Waals surface area contributed by atoms with Crippen LogP contribution >= 0.6 is 23.2 Å². The highest BCUT2D eigenvalue weighted by Crippen LogP contribution is 2.42. The van der Waals surface area contributed by atoms with E-state index in [9.17, 15) is 14.7 Å². The maximum Gasteiger partial charge on any atom is 0.326 e. The molecule has 0 radical (unpaired) electrons. The number of benzene rings is 5. The maximum atomic E-state index is 14.4. The van der Waals surface area contributed by atoms with Crippen LogP contribution in [-0.4, -0.2) is 45.6 Å². The van der Waals surface area contributed by atoms with Crippen molar-refractivity contribution in [3.63, 3.8) is 0 Å². The van der Waals surface area contributed by atoms with Crippen molar-refractivity contribution in [2.45, 2.75) is 70.5 Å². The molecule has 0 spiro atoms. The number of aromatic nitrogens is 1. The second-order valence-electron chi connectivity index (χ2n) is 15.3. The van der Waals surface area contributed by atoms with Crippen LogP contribution in [0.1, 0.15) is 64.6 Å². The Morgan fingerprint density at radius 1 is 0.867 bits per heavy atom. The largest absolute Gasteiger partial charge is 0.489 e. The Hall–Kier alpha value is -5.87. The van der Waals surface area contributed by atoms with Gasteiger partial charge < -0.3 is 24.6 Å². The number of hydrogen-bond acceptors (Lipinski definition) is 7. The lowest BCUT2D eigenvalue weighted by Crippen LogP contribution is -2.55. The zero-order valence-corrected chi connectivity index (χ0v) is 34.8. The number of carbonyl (C=O) groups excluding carboxylic acids is 1. The van der Waals surface area contributed by atoms with Gasteiger partial charge in [0.1, 0.15) is 25.0 Å². The van der Waals surface area contributed by atoms with Gasteiger partial charge in [0.05, 0.1) is 16.1 Å². The number of rotatable bonds is 13. The zero-order chi connectivity index (χ0) is 41.8. The summed E-state index contributed by atoms with van der Waals surface area (Å²) in [5.74, 6) is 0.536. The molecule has 2 aliphatic heterocycles. The minimum atomic E-state index is -1.12. The van der Waals surface area contributed by atoms with Gasteiger partial charge in [-0.05, 0) is 101 Å². The molecule has 4 unspecified atom stereocenters. The third-order valence-electron chi connectivity index (χ3n) is 11.3. The van der Waals surface area contributed by atoms with E-state index in [-0.39, 0.29) is 24.5 Å². The first-order chi connectivity index (χ1) is 29.1. The van der Waals surface area contributed by atoms with Gasteiger partial charge in [-0.25, -0.2) is 4.79 Å². The van der Waals surface area contributed by atoms with E-state index in [1.165, 1.54) is 0 Å². The molecule has 0 aliphatic carbocycles. The van der Waals surface area contributed by atoms with Crippen molar-refractivity contribution in [1.82, 2.24) is 15.2 Å². The van der Waals surface area contributed by atoms with Gasteiger partial charge in [0.15, 0.2) is 17.6 Å². The molecule has 0 bridgehead atoms. The first kappa shape index (κ1) is 40.9. The minimum Gasteiger partial charge on any atom is -0.489 e. The number of fused-ring (bicyclic) bond motifs is 2. The van der Waals surface area contributed by atoms with Gasteiger partial charge in [-0.3, -0.25) is 14.7 Å². The number of hydrogen-bond donors (Lipinski definition) is 2. The highest BCUT2D eigenvalue weighted by molar-refractivity contribution is 6.42. The lowest BCUT2D eigenvalue weighted by atomic mass is 9.89. The van der Waals surface area contributed by atoms with Gasteiger partial charge in [-0.2, -0.15) is 0 Å². The second kappa shape index (κ2) is 18.2. The molecule has 8 rings (SSSR count). The van der Waals surface area contributed by atoms with Crippen LogP contribution in [0.15, 0.2) is 128 Å². The summed E-state index contributed by atoms with van der Waals surface area (Å²) in [6.45, 7) is 5.16. The fraction of sp³-hybridized carbons (Fsp3) is 0.245. The number of carbonyl (C=O) groups is 2. The first-order valence-corrected chi connectivity index (χ1v) is 20.8. The standard InChI is InChI=1S/C49H45Cl2N3O6/c1-3-43(34-7-5-4-6-8-34)54-27-38-25-46-45(59-29-47(60-46)35-16-18-39(19-17-35)58-28-32-12-20-40(50)41(51)21-32)24-37(38)23-44(54)48(55)53-42(49(56)57)22-31-10-14-33(15-11-31)36-13-9-30(2)52-26-36/h4-21,24-26,42-44,47H,3,22-23,27-29H2,1-2H3,(H,53,55)(H,56,57). The van der Waals surface area contributed by atoms with E-state index in [0.29, 0.717) is 53.5 Å². The first-order valence-electron chi connectivity index (χ1n) is 20.1. The van der Waals surface area contributed by atoms with Crippen molar-refractivity contribution in [2.24, 2.45) is 0 Å². The number of nitrogens with zero attached hydrogens (tertiary/aromatic N) is 2. The molecule has 9 nitrogen and oxygen atoms in total. The Morgan fingerprint density at radius 2 is 1.60 bits per heavy atom. The molecule has 1 amide bonds. The molecule has 6 aromatic rings. The lowest BCUT2D eigenvalue weighted by Gasteiger charge is -2.42. The Kier molecular flexibility index (Phi) is 12.4. The van der Waals surface area contributed by atoms with Crippen LogP contribution in [0.3, 0.4) is 0 Å². The SMILES string of the molecule is CCC(c1ccccc1)N1Cc2cc3c(cc2CC1C(=O)NC(Cc1ccc(-c2ccc(C)nc2)cc1)C(=O)O)OCC(c1ccc(OCc2ccc(Cl)c(Cl)c2)cc1)O3. The molecule has 2 aliphatic rings. The van der Waals surface area contributed by atoms with Crippen molar-refractivity contribution in [1.29, 1.82) is 0 Å². The van der Waals surface area contributed by atoms with Crippen LogP contribution < -0.4 is 19.5 Å². The summed E-state index contributed by atoms with van der Waals surface area (Å²) in [5, 5.41) is 14.3. The van der Waals surface area contributed by atoms with E-state index in [4.69, 9.17) is 37.4 Å². The molecule has 4 atom stereocenters. The second-order valence-corrected chi connectivity index (χ2v) is 16.1. The average Bonchev–Trinajstić information content (AvgIpc) is 3.26. The zero-order valence-electron chi connectivity index (χ0n) is 33.3. The third kappa shape index (κ3) is 9.29. The fourth-order valence-electron chi connectivity index (χ4n) is 7.99. The Bertz CT molecular complexity index is 2460. The lowest BCUT2D eigenvalue weighted by molar-refractivity contribution is -0.143. The van der Waals surface area contributed by atoms with Crippen molar-refractivity contribution < 1.29 is 28.9 Å². The van der Waals surface area contributed by atoms with Crippen LogP contribution in [0.25, 0.3) is 11.1 Å². The summed E-state index contributed by atoms with van der Waals surface area (Å²) >= 11 is 12.2. The number of nitrogens with one attached hydrogen (secondary N) is 1. The maximum absolute atomic E-state index is 14.4. The number of aryl methyl sites for hydroxylation is 1. The molecule has 0 fully saturated rings. The molecular weight excluding hydrogens is 797 g/mol. The van der Waals surface area contributed by atoms with Crippen LogP contribution in [0.4, 0.5) is 0 Å². The summed E-state index contributed by atoms with van der Waals surface area (Å²) in [7, 11) is 0. The van der Waals surface area contributed by atoms with Gasteiger partial charge in [0.2, 0.25) is 5.91 Å². The highest BCUT2D eigenvalue weighted by Gasteiger charge is 2.38. The number of halogens is 2. The summed E-state index contributed by atoms with van der Waals surface area (Å²) in [6, 6.07) is 37.2. The van der Waals surface area contributed by atoms with Gasteiger partial charge in [-0.15, -0.1) is 0 Å². The van der Waals surface area contributed by atoms with E-state index in [1.807, 2.05) is 110 Å². The molecular formula is C49H45Cl2N3O6. The molecule has 0 saturated heterocycles. The van der Waals surface area contributed by atoms with E-state index < -0.39 is 18.1 Å². The topological polar surface area (TPSA) is 110 Å². The van der Waals surface area contributed by atoms with Gasteiger partial charge in [-0.1, -0.05) is 109 Å². The molecule has 60 heavy (non-hydrogen) atoms. The Morgan fingerprint density at radius 3 is 2.30 bits per heavy atom. The average molecular weight is 843 g/mol. The van der Waals surface area contributed by atoms with E-state index in [0.717, 1.165) is 56.6 Å². The van der Waals surface area contributed by atoms with Gasteiger partial charge in [0, 0.05) is 36.5 Å².